The van der Waals surface area contributed by atoms with Crippen LogP contribution < -0.4 is 10.2 Å². The summed E-state index contributed by atoms with van der Waals surface area (Å²) in [6.07, 6.45) is 1.46. The normalized spacial score (nSPS) is 11.0. The van der Waals surface area contributed by atoms with Crippen LogP contribution in [0.4, 0.5) is 5.69 Å². The summed E-state index contributed by atoms with van der Waals surface area (Å²) in [7, 11) is 0. The van der Waals surface area contributed by atoms with E-state index in [9.17, 15) is 14.9 Å². The van der Waals surface area contributed by atoms with Gasteiger partial charge in [0, 0.05) is 29.1 Å². The van der Waals surface area contributed by atoms with Crippen LogP contribution in [0.3, 0.4) is 0 Å². The number of hydrogen-bond acceptors (Lipinski definition) is 6. The zero-order valence-electron chi connectivity index (χ0n) is 15.5. The van der Waals surface area contributed by atoms with E-state index in [1.54, 1.807) is 6.07 Å². The van der Waals surface area contributed by atoms with Gasteiger partial charge in [-0.1, -0.05) is 23.7 Å². The van der Waals surface area contributed by atoms with Gasteiger partial charge in [-0.2, -0.15) is 5.10 Å². The molecule has 0 fully saturated rings. The molecule has 0 atom stereocenters. The average Bonchev–Trinajstić information content (AvgIpc) is 2.69. The third-order valence-corrected chi connectivity index (χ3v) is 4.29. The fraction of sp³-hybridized carbons (Fsp3) is 0.150. The van der Waals surface area contributed by atoms with Gasteiger partial charge in [-0.05, 0) is 30.7 Å². The number of nitro benzene ring substituents is 1. The van der Waals surface area contributed by atoms with Crippen LogP contribution in [0.25, 0.3) is 10.9 Å². The van der Waals surface area contributed by atoms with Crippen molar-refractivity contribution in [2.45, 2.75) is 13.3 Å². The van der Waals surface area contributed by atoms with Gasteiger partial charge >= 0.3 is 0 Å². The molecular weight excluding hydrogens is 396 g/mol. The number of pyridine rings is 1. The van der Waals surface area contributed by atoms with Gasteiger partial charge in [-0.15, -0.1) is 0 Å². The second-order valence-electron chi connectivity index (χ2n) is 6.05. The highest BCUT2D eigenvalue weighted by atomic mass is 35.5. The highest BCUT2D eigenvalue weighted by Crippen LogP contribution is 2.23. The fourth-order valence-electron chi connectivity index (χ4n) is 2.62. The molecule has 1 heterocycles. The predicted octanol–water partition coefficient (Wildman–Crippen LogP) is 3.89. The summed E-state index contributed by atoms with van der Waals surface area (Å²) in [5, 5.41) is 15.7. The van der Waals surface area contributed by atoms with Crippen LogP contribution in [0.2, 0.25) is 5.15 Å². The molecule has 0 aliphatic rings. The number of benzene rings is 2. The van der Waals surface area contributed by atoms with Crippen molar-refractivity contribution in [3.05, 3.63) is 74.9 Å². The summed E-state index contributed by atoms with van der Waals surface area (Å²) in [4.78, 5) is 26.5. The number of amides is 1. The minimum absolute atomic E-state index is 0.0287. The average molecular weight is 413 g/mol. The van der Waals surface area contributed by atoms with E-state index >= 15 is 0 Å². The number of nitro groups is 1. The molecule has 148 valence electrons. The van der Waals surface area contributed by atoms with Gasteiger partial charge in [0.2, 0.25) is 5.91 Å². The number of halogens is 1. The van der Waals surface area contributed by atoms with Gasteiger partial charge in [-0.3, -0.25) is 14.9 Å². The Hall–Kier alpha value is -3.52. The van der Waals surface area contributed by atoms with Gasteiger partial charge in [0.1, 0.15) is 10.9 Å². The van der Waals surface area contributed by atoms with Gasteiger partial charge in [-0.25, -0.2) is 10.4 Å². The van der Waals surface area contributed by atoms with Crippen LogP contribution >= 0.6 is 11.6 Å². The van der Waals surface area contributed by atoms with Gasteiger partial charge in [0.25, 0.3) is 5.69 Å². The number of ether oxygens (including phenoxy) is 1. The van der Waals surface area contributed by atoms with E-state index in [4.69, 9.17) is 16.3 Å². The summed E-state index contributed by atoms with van der Waals surface area (Å²) in [5.74, 6) is 0.352. The van der Waals surface area contributed by atoms with Crippen molar-refractivity contribution in [3.8, 4) is 5.75 Å². The Bertz CT molecular complexity index is 1080. The monoisotopic (exact) mass is 412 g/mol. The molecule has 1 aromatic heterocycles. The van der Waals surface area contributed by atoms with Crippen molar-refractivity contribution < 1.29 is 14.5 Å². The second kappa shape index (κ2) is 9.11. The standard InChI is InChI=1S/C20H17ClN4O4/c1-2-29-17-8-5-14-10-15(20(21)23-18(14)11-17)12-22-24-19(26)9-13-3-6-16(7-4-13)25(27)28/h3-8,10-12H,2,9H2,1H3,(H,24,26)/b22-12-. The first-order valence-corrected chi connectivity index (χ1v) is 9.12. The molecule has 3 rings (SSSR count). The van der Waals surface area contributed by atoms with Crippen molar-refractivity contribution in [2.75, 3.05) is 6.61 Å². The van der Waals surface area contributed by atoms with E-state index in [2.05, 4.69) is 15.5 Å². The molecular formula is C20H17ClN4O4. The Morgan fingerprint density at radius 1 is 1.28 bits per heavy atom. The van der Waals surface area contributed by atoms with E-state index in [-0.39, 0.29) is 23.2 Å². The molecule has 29 heavy (non-hydrogen) atoms. The van der Waals surface area contributed by atoms with Crippen LogP contribution in [-0.4, -0.2) is 28.6 Å². The number of carbonyl (C=O) groups is 1. The maximum atomic E-state index is 12.0. The Kier molecular flexibility index (Phi) is 6.36. The molecule has 0 saturated carbocycles. The maximum Gasteiger partial charge on any atom is 0.269 e. The molecule has 3 aromatic rings. The number of fused-ring (bicyclic) bond motifs is 1. The van der Waals surface area contributed by atoms with Crippen LogP contribution in [0.1, 0.15) is 18.1 Å². The number of aromatic nitrogens is 1. The first-order valence-electron chi connectivity index (χ1n) is 8.74. The molecule has 2 aromatic carbocycles. The Morgan fingerprint density at radius 2 is 2.03 bits per heavy atom. The number of non-ortho nitro benzene ring substituents is 1. The molecule has 0 radical (unpaired) electrons. The SMILES string of the molecule is CCOc1ccc2cc(/C=N\NC(=O)Cc3ccc([N+](=O)[O-])cc3)c(Cl)nc2c1. The summed E-state index contributed by atoms with van der Waals surface area (Å²) < 4.78 is 5.45. The summed E-state index contributed by atoms with van der Waals surface area (Å²) >= 11 is 6.21. The molecule has 8 nitrogen and oxygen atoms in total. The Morgan fingerprint density at radius 3 is 2.72 bits per heavy atom. The fourth-order valence-corrected chi connectivity index (χ4v) is 2.82. The highest BCUT2D eigenvalue weighted by molar-refractivity contribution is 6.32. The van der Waals surface area contributed by atoms with E-state index in [0.29, 0.717) is 29.0 Å². The Labute approximate surface area is 171 Å². The second-order valence-corrected chi connectivity index (χ2v) is 6.41. The number of rotatable bonds is 7. The van der Waals surface area contributed by atoms with Crippen LogP contribution in [0, 0.1) is 10.1 Å². The lowest BCUT2D eigenvalue weighted by Gasteiger charge is -2.06. The number of hydrogen-bond donors (Lipinski definition) is 1. The third-order valence-electron chi connectivity index (χ3n) is 3.99. The van der Waals surface area contributed by atoms with Crippen molar-refractivity contribution in [3.63, 3.8) is 0 Å². The quantitative estimate of drug-likeness (QED) is 0.274. The van der Waals surface area contributed by atoms with Crippen molar-refractivity contribution >= 4 is 40.3 Å². The molecule has 0 saturated heterocycles. The van der Waals surface area contributed by atoms with E-state index in [0.717, 1.165) is 5.39 Å². The van der Waals surface area contributed by atoms with Crippen molar-refractivity contribution in [1.29, 1.82) is 0 Å². The van der Waals surface area contributed by atoms with E-state index < -0.39 is 4.92 Å². The highest BCUT2D eigenvalue weighted by Gasteiger charge is 2.08. The summed E-state index contributed by atoms with van der Waals surface area (Å²) in [6, 6.07) is 13.1. The smallest absolute Gasteiger partial charge is 0.269 e. The minimum Gasteiger partial charge on any atom is -0.494 e. The Balaban J connectivity index is 1.65. The van der Waals surface area contributed by atoms with Gasteiger partial charge in [0.15, 0.2) is 0 Å². The number of hydrazone groups is 1. The largest absolute Gasteiger partial charge is 0.494 e. The van der Waals surface area contributed by atoms with Crippen LogP contribution in [0.5, 0.6) is 5.75 Å². The third kappa shape index (κ3) is 5.26. The number of nitrogens with one attached hydrogen (secondary N) is 1. The first-order chi connectivity index (χ1) is 14.0. The number of nitrogens with zero attached hydrogens (tertiary/aromatic N) is 3. The molecule has 0 spiro atoms. The van der Waals surface area contributed by atoms with E-state index in [1.165, 1.54) is 30.5 Å². The lowest BCUT2D eigenvalue weighted by atomic mass is 10.1. The van der Waals surface area contributed by atoms with E-state index in [1.807, 2.05) is 25.1 Å². The zero-order chi connectivity index (χ0) is 20.8. The minimum atomic E-state index is -0.493. The molecule has 0 bridgehead atoms. The van der Waals surface area contributed by atoms with Crippen LogP contribution in [-0.2, 0) is 11.2 Å². The lowest BCUT2D eigenvalue weighted by molar-refractivity contribution is -0.384. The van der Waals surface area contributed by atoms with Gasteiger partial charge in [0.05, 0.1) is 29.7 Å². The first kappa shape index (κ1) is 20.2. The molecule has 0 unspecified atom stereocenters. The van der Waals surface area contributed by atoms with Crippen LogP contribution in [0.15, 0.2) is 53.6 Å². The maximum absolute atomic E-state index is 12.0. The zero-order valence-corrected chi connectivity index (χ0v) is 16.2. The van der Waals surface area contributed by atoms with Crippen molar-refractivity contribution in [1.82, 2.24) is 10.4 Å². The van der Waals surface area contributed by atoms with Gasteiger partial charge < -0.3 is 4.74 Å². The number of carbonyl (C=O) groups excluding carboxylic acids is 1. The molecule has 0 aliphatic carbocycles. The van der Waals surface area contributed by atoms with Crippen molar-refractivity contribution in [2.24, 2.45) is 5.10 Å². The summed E-state index contributed by atoms with van der Waals surface area (Å²) in [6.45, 7) is 2.46. The molecule has 1 amide bonds. The lowest BCUT2D eigenvalue weighted by Crippen LogP contribution is -2.19. The molecule has 1 N–H and O–H groups in total. The molecule has 0 aliphatic heterocycles. The molecule has 9 heteroatoms. The predicted molar refractivity (Wildman–Crippen MR) is 110 cm³/mol. The summed E-state index contributed by atoms with van der Waals surface area (Å²) in [5.41, 5.74) is 4.27. The topological polar surface area (TPSA) is 107 Å².